The maximum Gasteiger partial charge on any atom is 0.304 e. The number of fused-ring (bicyclic) bond motifs is 1. The second-order valence-electron chi connectivity index (χ2n) is 7.38. The van der Waals surface area contributed by atoms with E-state index in [9.17, 15) is 9.18 Å². The van der Waals surface area contributed by atoms with E-state index in [-0.39, 0.29) is 18.8 Å². The molecular weight excluding hydrogens is 383 g/mol. The first-order valence-electron chi connectivity index (χ1n) is 9.98. The lowest BCUT2D eigenvalue weighted by Crippen LogP contribution is -2.32. The van der Waals surface area contributed by atoms with E-state index in [1.54, 1.807) is 18.2 Å². The molecule has 0 spiro atoms. The van der Waals surface area contributed by atoms with Gasteiger partial charge in [-0.05, 0) is 42.0 Å². The van der Waals surface area contributed by atoms with Crippen LogP contribution in [0.5, 0.6) is 5.75 Å². The average Bonchev–Trinajstić information content (AvgIpc) is 2.77. The fourth-order valence-corrected chi connectivity index (χ4v) is 3.58. The third kappa shape index (κ3) is 4.83. The fraction of sp³-hybridized carbons (Fsp3) is 0.250. The number of carboxylic acids is 1. The SMILES string of the molecule is O=C(O)CCN1CCc2nc(-c3ccc(OCc4ccccc4F)cc3)ccc2C1. The van der Waals surface area contributed by atoms with Crippen LogP contribution in [0.3, 0.4) is 0 Å². The van der Waals surface area contributed by atoms with Gasteiger partial charge >= 0.3 is 5.97 Å². The largest absolute Gasteiger partial charge is 0.489 e. The summed E-state index contributed by atoms with van der Waals surface area (Å²) in [7, 11) is 0. The monoisotopic (exact) mass is 406 g/mol. The van der Waals surface area contributed by atoms with Gasteiger partial charge < -0.3 is 9.84 Å². The Morgan fingerprint density at radius 1 is 1.10 bits per heavy atom. The number of nitrogens with zero attached hydrogens (tertiary/aromatic N) is 2. The smallest absolute Gasteiger partial charge is 0.304 e. The first kappa shape index (κ1) is 20.0. The first-order chi connectivity index (χ1) is 14.6. The van der Waals surface area contributed by atoms with E-state index in [4.69, 9.17) is 14.8 Å². The Morgan fingerprint density at radius 2 is 1.90 bits per heavy atom. The van der Waals surface area contributed by atoms with Gasteiger partial charge in [0.05, 0.1) is 12.1 Å². The molecule has 1 aromatic heterocycles. The van der Waals surface area contributed by atoms with Crippen LogP contribution in [0.4, 0.5) is 4.39 Å². The Morgan fingerprint density at radius 3 is 2.67 bits per heavy atom. The summed E-state index contributed by atoms with van der Waals surface area (Å²) in [4.78, 5) is 17.7. The van der Waals surface area contributed by atoms with E-state index in [0.717, 1.165) is 42.0 Å². The zero-order valence-electron chi connectivity index (χ0n) is 16.6. The van der Waals surface area contributed by atoms with Crippen molar-refractivity contribution in [3.63, 3.8) is 0 Å². The normalized spacial score (nSPS) is 13.6. The minimum Gasteiger partial charge on any atom is -0.489 e. The van der Waals surface area contributed by atoms with E-state index in [1.165, 1.54) is 6.07 Å². The van der Waals surface area contributed by atoms with Crippen molar-refractivity contribution in [1.29, 1.82) is 0 Å². The summed E-state index contributed by atoms with van der Waals surface area (Å²) in [6.45, 7) is 2.30. The molecular formula is C24H23FN2O3. The molecule has 0 atom stereocenters. The topological polar surface area (TPSA) is 62.7 Å². The number of aromatic nitrogens is 1. The summed E-state index contributed by atoms with van der Waals surface area (Å²) in [5.41, 5.74) is 4.63. The number of ether oxygens (including phenoxy) is 1. The van der Waals surface area contributed by atoms with Gasteiger partial charge in [-0.2, -0.15) is 0 Å². The zero-order valence-corrected chi connectivity index (χ0v) is 16.6. The Hall–Kier alpha value is -3.25. The molecule has 1 N–H and O–H groups in total. The van der Waals surface area contributed by atoms with Crippen LogP contribution in [-0.4, -0.2) is 34.0 Å². The number of hydrogen-bond donors (Lipinski definition) is 1. The molecule has 4 rings (SSSR count). The summed E-state index contributed by atoms with van der Waals surface area (Å²) < 4.78 is 19.4. The van der Waals surface area contributed by atoms with Crippen molar-refractivity contribution in [3.8, 4) is 17.0 Å². The Labute approximate surface area is 174 Å². The van der Waals surface area contributed by atoms with E-state index in [2.05, 4.69) is 11.0 Å². The average molecular weight is 406 g/mol. The lowest BCUT2D eigenvalue weighted by atomic mass is 10.0. The van der Waals surface area contributed by atoms with E-state index in [0.29, 0.717) is 17.9 Å². The van der Waals surface area contributed by atoms with Crippen LogP contribution < -0.4 is 4.74 Å². The zero-order chi connectivity index (χ0) is 20.9. The number of hydrogen-bond acceptors (Lipinski definition) is 4. The summed E-state index contributed by atoms with van der Waals surface area (Å²) in [5.74, 6) is -0.362. The molecule has 0 amide bonds. The van der Waals surface area contributed by atoms with Gasteiger partial charge in [-0.1, -0.05) is 24.3 Å². The van der Waals surface area contributed by atoms with Crippen molar-refractivity contribution in [2.75, 3.05) is 13.1 Å². The predicted molar refractivity (Wildman–Crippen MR) is 112 cm³/mol. The minimum absolute atomic E-state index is 0.159. The highest BCUT2D eigenvalue weighted by Gasteiger charge is 2.18. The lowest BCUT2D eigenvalue weighted by Gasteiger charge is -2.27. The molecule has 1 aliphatic rings. The molecule has 0 fully saturated rings. The lowest BCUT2D eigenvalue weighted by molar-refractivity contribution is -0.137. The molecule has 5 nitrogen and oxygen atoms in total. The van der Waals surface area contributed by atoms with Crippen LogP contribution in [0.2, 0.25) is 0 Å². The van der Waals surface area contributed by atoms with Crippen LogP contribution in [0, 0.1) is 5.82 Å². The third-order valence-corrected chi connectivity index (χ3v) is 5.27. The molecule has 3 aromatic rings. The highest BCUT2D eigenvalue weighted by atomic mass is 19.1. The van der Waals surface area contributed by atoms with Crippen LogP contribution in [-0.2, 0) is 24.4 Å². The third-order valence-electron chi connectivity index (χ3n) is 5.27. The van der Waals surface area contributed by atoms with Crippen LogP contribution >= 0.6 is 0 Å². The molecule has 0 radical (unpaired) electrons. The minimum atomic E-state index is -0.768. The highest BCUT2D eigenvalue weighted by molar-refractivity contribution is 5.66. The van der Waals surface area contributed by atoms with Gasteiger partial charge in [0, 0.05) is 42.9 Å². The van der Waals surface area contributed by atoms with Gasteiger partial charge in [-0.15, -0.1) is 0 Å². The van der Waals surface area contributed by atoms with Gasteiger partial charge in [0.25, 0.3) is 0 Å². The number of pyridine rings is 1. The van der Waals surface area contributed by atoms with Crippen molar-refractivity contribution in [2.24, 2.45) is 0 Å². The number of benzene rings is 2. The molecule has 2 heterocycles. The van der Waals surface area contributed by atoms with E-state index < -0.39 is 5.97 Å². The molecule has 0 bridgehead atoms. The van der Waals surface area contributed by atoms with Crippen molar-refractivity contribution >= 4 is 5.97 Å². The Balaban J connectivity index is 1.40. The van der Waals surface area contributed by atoms with Crippen LogP contribution in [0.25, 0.3) is 11.3 Å². The number of halogens is 1. The Kier molecular flexibility index (Phi) is 6.05. The summed E-state index contributed by atoms with van der Waals surface area (Å²) >= 11 is 0. The molecule has 154 valence electrons. The molecule has 0 saturated heterocycles. The van der Waals surface area contributed by atoms with E-state index >= 15 is 0 Å². The first-order valence-corrected chi connectivity index (χ1v) is 9.98. The molecule has 2 aromatic carbocycles. The van der Waals surface area contributed by atoms with Gasteiger partial charge in [-0.25, -0.2) is 4.39 Å². The van der Waals surface area contributed by atoms with E-state index in [1.807, 2.05) is 30.3 Å². The summed E-state index contributed by atoms with van der Waals surface area (Å²) in [5, 5.41) is 8.86. The molecule has 1 aliphatic heterocycles. The van der Waals surface area contributed by atoms with Crippen molar-refractivity contribution in [2.45, 2.75) is 26.0 Å². The number of aliphatic carboxylic acids is 1. The standard InChI is InChI=1S/C24H23FN2O3/c25-21-4-2-1-3-19(21)16-30-20-8-5-17(6-9-20)22-10-7-18-15-27(14-12-24(28)29)13-11-23(18)26-22/h1-10H,11-16H2,(H,28,29). The quantitative estimate of drug-likeness (QED) is 0.634. The summed E-state index contributed by atoms with van der Waals surface area (Å²) in [6, 6.07) is 18.3. The number of rotatable bonds is 7. The molecule has 0 saturated carbocycles. The van der Waals surface area contributed by atoms with Crippen LogP contribution in [0.15, 0.2) is 60.7 Å². The highest BCUT2D eigenvalue weighted by Crippen LogP contribution is 2.25. The van der Waals surface area contributed by atoms with Crippen LogP contribution in [0.1, 0.15) is 23.2 Å². The van der Waals surface area contributed by atoms with Gasteiger partial charge in [0.2, 0.25) is 0 Å². The number of carbonyl (C=O) groups is 1. The second-order valence-corrected chi connectivity index (χ2v) is 7.38. The van der Waals surface area contributed by atoms with Crippen molar-refractivity contribution < 1.29 is 19.0 Å². The maximum absolute atomic E-state index is 13.7. The Bertz CT molecular complexity index is 1040. The second kappa shape index (κ2) is 9.05. The number of carboxylic acid groups (broad SMARTS) is 1. The van der Waals surface area contributed by atoms with Gasteiger partial charge in [0.15, 0.2) is 0 Å². The maximum atomic E-state index is 13.7. The predicted octanol–water partition coefficient (Wildman–Crippen LogP) is 4.30. The molecule has 0 unspecified atom stereocenters. The molecule has 30 heavy (non-hydrogen) atoms. The van der Waals surface area contributed by atoms with Crippen molar-refractivity contribution in [1.82, 2.24) is 9.88 Å². The van der Waals surface area contributed by atoms with Gasteiger partial charge in [0.1, 0.15) is 18.2 Å². The molecule has 0 aliphatic carbocycles. The molecule has 6 heteroatoms. The fourth-order valence-electron chi connectivity index (χ4n) is 3.58. The van der Waals surface area contributed by atoms with Crippen molar-refractivity contribution in [3.05, 3.63) is 83.3 Å². The van der Waals surface area contributed by atoms with Gasteiger partial charge in [-0.3, -0.25) is 14.7 Å². The summed E-state index contributed by atoms with van der Waals surface area (Å²) in [6.07, 6.45) is 0.971.